The molecule has 65 heavy (non-hydrogen) atoms. The number of amides is 6. The van der Waals surface area contributed by atoms with Crippen LogP contribution in [0.15, 0.2) is 77.8 Å². The highest BCUT2D eigenvalue weighted by Crippen LogP contribution is 2.33. The smallest absolute Gasteiger partial charge is 0.262 e. The van der Waals surface area contributed by atoms with E-state index in [-0.39, 0.29) is 41.7 Å². The van der Waals surface area contributed by atoms with Gasteiger partial charge in [-0.05, 0) is 80.1 Å². The Kier molecular flexibility index (Phi) is 12.8. The van der Waals surface area contributed by atoms with Gasteiger partial charge in [-0.1, -0.05) is 31.4 Å². The lowest BCUT2D eigenvalue weighted by atomic mass is 9.95. The number of piperidine rings is 2. The van der Waals surface area contributed by atoms with E-state index in [9.17, 15) is 28.8 Å². The van der Waals surface area contributed by atoms with Gasteiger partial charge in [0.2, 0.25) is 29.6 Å². The van der Waals surface area contributed by atoms with Gasteiger partial charge in [-0.2, -0.15) is 0 Å². The number of furan rings is 1. The summed E-state index contributed by atoms with van der Waals surface area (Å²) in [6, 6.07) is 16.2. The van der Waals surface area contributed by atoms with Gasteiger partial charge in [0, 0.05) is 87.7 Å². The van der Waals surface area contributed by atoms with Crippen LogP contribution in [0.2, 0.25) is 0 Å². The Labute approximate surface area is 375 Å². The van der Waals surface area contributed by atoms with Gasteiger partial charge in [0.15, 0.2) is 5.65 Å². The molecule has 0 saturated carbocycles. The fourth-order valence-corrected chi connectivity index (χ4v) is 9.30. The van der Waals surface area contributed by atoms with Crippen LogP contribution in [0.3, 0.4) is 0 Å². The molecule has 4 aliphatic rings. The Morgan fingerprint density at radius 3 is 2.29 bits per heavy atom. The molecule has 6 amide bonds. The highest BCUT2D eigenvalue weighted by Gasteiger charge is 2.45. The standard InChI is InChI=1S/C47H53N11O7/c59-40-16-15-39(44(62)52-40)58-45(63)36-14-13-34(27-37(36)46(58)64)54-20-17-32(18-21-54)43(61)48-19-5-3-1-2-4-8-41(60)56-24-22-55(23-25-56)33-11-9-31(10-12-33)38-29-50-47(57-30-51-53-42(38)57)49-28-35-7-6-26-65-35/h6-7,9-14,26-27,29-30,32,39H,1-5,8,15-25,28H2,(H,48,61)(H,49,50)(H,52,59,62). The number of anilines is 3. The Morgan fingerprint density at radius 2 is 1.52 bits per heavy atom. The largest absolute Gasteiger partial charge is 0.467 e. The van der Waals surface area contributed by atoms with Crippen molar-refractivity contribution in [2.75, 3.05) is 60.9 Å². The van der Waals surface area contributed by atoms with E-state index < -0.39 is 29.7 Å². The number of hydrogen-bond donors (Lipinski definition) is 3. The average Bonchev–Trinajstić information content (AvgIpc) is 4.10. The summed E-state index contributed by atoms with van der Waals surface area (Å²) in [6.45, 7) is 5.32. The maximum Gasteiger partial charge on any atom is 0.262 e. The number of carbonyl (C=O) groups is 6. The molecule has 338 valence electrons. The van der Waals surface area contributed by atoms with Crippen LogP contribution in [0.25, 0.3) is 16.8 Å². The second kappa shape index (κ2) is 19.3. The van der Waals surface area contributed by atoms with Crippen molar-refractivity contribution in [3.63, 3.8) is 0 Å². The molecule has 3 N–H and O–H groups in total. The van der Waals surface area contributed by atoms with Crippen molar-refractivity contribution >= 4 is 58.4 Å². The molecule has 3 saturated heterocycles. The molecular weight excluding hydrogens is 831 g/mol. The van der Waals surface area contributed by atoms with Crippen LogP contribution >= 0.6 is 0 Å². The minimum absolute atomic E-state index is 0.0607. The molecular formula is C47H53N11O7. The van der Waals surface area contributed by atoms with Gasteiger partial charge >= 0.3 is 0 Å². The number of aromatic nitrogens is 4. The number of fused-ring (bicyclic) bond motifs is 2. The zero-order chi connectivity index (χ0) is 44.9. The number of benzene rings is 2. The molecule has 2 aromatic carbocycles. The first kappa shape index (κ1) is 43.2. The number of imide groups is 2. The lowest BCUT2D eigenvalue weighted by molar-refractivity contribution is -0.136. The van der Waals surface area contributed by atoms with Crippen molar-refractivity contribution < 1.29 is 33.2 Å². The SMILES string of the molecule is O=C1CCC(N2C(=O)c3ccc(N4CCC(C(=O)NCCCCCCCC(=O)N5CCN(c6ccc(-c7cnc(NCc8ccco8)n8cnnc78)cc6)CC5)CC4)cc3C2=O)C(=O)N1. The van der Waals surface area contributed by atoms with Crippen molar-refractivity contribution in [2.24, 2.45) is 5.92 Å². The molecule has 1 unspecified atom stereocenters. The van der Waals surface area contributed by atoms with E-state index in [1.165, 1.54) is 0 Å². The van der Waals surface area contributed by atoms with Crippen molar-refractivity contribution in [2.45, 2.75) is 76.8 Å². The number of nitrogens with zero attached hydrogens (tertiary/aromatic N) is 8. The fraction of sp³-hybridized carbons (Fsp3) is 0.426. The molecule has 0 aliphatic carbocycles. The molecule has 7 heterocycles. The first-order valence-electron chi connectivity index (χ1n) is 22.7. The molecule has 0 radical (unpaired) electrons. The molecule has 3 fully saturated rings. The summed E-state index contributed by atoms with van der Waals surface area (Å²) >= 11 is 0. The lowest BCUT2D eigenvalue weighted by Crippen LogP contribution is -2.54. The maximum atomic E-state index is 13.3. The van der Waals surface area contributed by atoms with Crippen molar-refractivity contribution in [3.8, 4) is 11.1 Å². The van der Waals surface area contributed by atoms with E-state index in [4.69, 9.17) is 4.42 Å². The average molecular weight is 884 g/mol. The van der Waals surface area contributed by atoms with E-state index in [1.54, 1.807) is 30.8 Å². The number of nitrogens with one attached hydrogen (secondary N) is 3. The van der Waals surface area contributed by atoms with E-state index in [0.717, 1.165) is 78.4 Å². The number of piperazine rings is 1. The Bertz CT molecular complexity index is 2560. The minimum Gasteiger partial charge on any atom is -0.467 e. The summed E-state index contributed by atoms with van der Waals surface area (Å²) in [7, 11) is 0. The van der Waals surface area contributed by atoms with Crippen LogP contribution in [0.1, 0.15) is 90.7 Å². The number of rotatable bonds is 16. The molecule has 4 aliphatic heterocycles. The first-order chi connectivity index (χ1) is 31.7. The van der Waals surface area contributed by atoms with Crippen molar-refractivity contribution in [3.05, 3.63) is 90.3 Å². The molecule has 9 rings (SSSR count). The topological polar surface area (TPSA) is 208 Å². The Morgan fingerprint density at radius 1 is 0.785 bits per heavy atom. The van der Waals surface area contributed by atoms with Crippen LogP contribution in [0.5, 0.6) is 0 Å². The molecule has 3 aromatic heterocycles. The molecule has 5 aromatic rings. The van der Waals surface area contributed by atoms with Crippen LogP contribution in [0, 0.1) is 5.92 Å². The van der Waals surface area contributed by atoms with E-state index in [0.29, 0.717) is 70.1 Å². The Hall–Kier alpha value is -7.11. The summed E-state index contributed by atoms with van der Waals surface area (Å²) in [4.78, 5) is 88.4. The number of unbranched alkanes of at least 4 members (excludes halogenated alkanes) is 4. The second-order valence-electron chi connectivity index (χ2n) is 17.1. The van der Waals surface area contributed by atoms with Gasteiger partial charge < -0.3 is 29.8 Å². The summed E-state index contributed by atoms with van der Waals surface area (Å²) in [5.41, 5.74) is 4.98. The van der Waals surface area contributed by atoms with Crippen molar-refractivity contribution in [1.82, 2.24) is 40.0 Å². The van der Waals surface area contributed by atoms with Gasteiger partial charge in [0.05, 0.1) is 23.9 Å². The van der Waals surface area contributed by atoms with Gasteiger partial charge in [-0.25, -0.2) is 4.98 Å². The zero-order valence-electron chi connectivity index (χ0n) is 36.2. The van der Waals surface area contributed by atoms with E-state index in [1.807, 2.05) is 27.6 Å². The van der Waals surface area contributed by atoms with Gasteiger partial charge in [0.25, 0.3) is 11.8 Å². The summed E-state index contributed by atoms with van der Waals surface area (Å²) < 4.78 is 7.25. The molecule has 18 heteroatoms. The predicted molar refractivity (Wildman–Crippen MR) is 240 cm³/mol. The van der Waals surface area contributed by atoms with Crippen LogP contribution in [-0.4, -0.2) is 117 Å². The highest BCUT2D eigenvalue weighted by molar-refractivity contribution is 6.23. The third-order valence-corrected chi connectivity index (χ3v) is 13.0. The first-order valence-corrected chi connectivity index (χ1v) is 22.7. The quantitative estimate of drug-likeness (QED) is 0.0928. The van der Waals surface area contributed by atoms with Gasteiger partial charge in [-0.15, -0.1) is 10.2 Å². The summed E-state index contributed by atoms with van der Waals surface area (Å²) in [6.07, 6.45) is 11.9. The zero-order valence-corrected chi connectivity index (χ0v) is 36.2. The Balaban J connectivity index is 0.634. The minimum atomic E-state index is -1.00. The van der Waals surface area contributed by atoms with Crippen molar-refractivity contribution in [1.29, 1.82) is 0 Å². The fourth-order valence-electron chi connectivity index (χ4n) is 9.30. The normalized spacial score (nSPS) is 18.1. The van der Waals surface area contributed by atoms with Crippen LogP contribution in [-0.2, 0) is 25.7 Å². The van der Waals surface area contributed by atoms with Gasteiger partial charge in [-0.3, -0.25) is 43.4 Å². The monoisotopic (exact) mass is 883 g/mol. The van der Waals surface area contributed by atoms with E-state index in [2.05, 4.69) is 65.2 Å². The summed E-state index contributed by atoms with van der Waals surface area (Å²) in [5.74, 6) is -0.493. The third-order valence-electron chi connectivity index (χ3n) is 13.0. The molecule has 0 spiro atoms. The third kappa shape index (κ3) is 9.42. The maximum absolute atomic E-state index is 13.3. The predicted octanol–water partition coefficient (Wildman–Crippen LogP) is 4.42. The number of carbonyl (C=O) groups excluding carboxylic acids is 6. The second-order valence-corrected chi connectivity index (χ2v) is 17.1. The molecule has 18 nitrogen and oxygen atoms in total. The number of hydrogen-bond acceptors (Lipinski definition) is 13. The van der Waals surface area contributed by atoms with Crippen LogP contribution in [0.4, 0.5) is 17.3 Å². The molecule has 0 bridgehead atoms. The highest BCUT2D eigenvalue weighted by atomic mass is 16.3. The summed E-state index contributed by atoms with van der Waals surface area (Å²) in [5, 5.41) is 17.1. The lowest BCUT2D eigenvalue weighted by Gasteiger charge is -2.36. The van der Waals surface area contributed by atoms with Gasteiger partial charge in [0.1, 0.15) is 18.1 Å². The van der Waals surface area contributed by atoms with E-state index >= 15 is 0 Å². The van der Waals surface area contributed by atoms with Crippen LogP contribution < -0.4 is 25.8 Å². The molecule has 1 atom stereocenters.